The fraction of sp³-hybridized carbons (Fsp3) is 0.579. The van der Waals surface area contributed by atoms with Gasteiger partial charge in [-0.05, 0) is 31.4 Å². The lowest BCUT2D eigenvalue weighted by Crippen LogP contribution is -2.48. The number of nitrogens with one attached hydrogen (secondary N) is 2. The number of anilines is 1. The fourth-order valence-corrected chi connectivity index (χ4v) is 3.08. The molecule has 0 spiro atoms. The van der Waals surface area contributed by atoms with E-state index in [9.17, 15) is 35.9 Å². The molecule has 0 radical (unpaired) electrons. The molecule has 0 aromatic heterocycles. The summed E-state index contributed by atoms with van der Waals surface area (Å²) in [5, 5.41) is 4.88. The van der Waals surface area contributed by atoms with Crippen LogP contribution in [0.4, 0.5) is 36.8 Å². The standard InChI is InChI=1S/C19H23F6N3O4/c1-3-11(2)16(29)28-8-6-12(7-9-28)26-17(30)27-13-4-5-14(31-18(20,21)22)15(10-13)32-19(23,24)25/h4-5,10-12H,3,6-9H2,1-2H3,(H2,26,27,30)/t11-/m0/s1. The molecule has 0 bridgehead atoms. The van der Waals surface area contributed by atoms with Crippen LogP contribution in [-0.2, 0) is 4.79 Å². The first-order valence-electron chi connectivity index (χ1n) is 9.79. The molecule has 7 nitrogen and oxygen atoms in total. The number of nitrogens with zero attached hydrogens (tertiary/aromatic N) is 1. The maximum Gasteiger partial charge on any atom is 0.573 e. The highest BCUT2D eigenvalue weighted by Gasteiger charge is 2.36. The Labute approximate surface area is 180 Å². The van der Waals surface area contributed by atoms with Crippen molar-refractivity contribution in [3.63, 3.8) is 0 Å². The predicted molar refractivity (Wildman–Crippen MR) is 101 cm³/mol. The van der Waals surface area contributed by atoms with Gasteiger partial charge in [-0.2, -0.15) is 0 Å². The van der Waals surface area contributed by atoms with Gasteiger partial charge < -0.3 is 25.0 Å². The topological polar surface area (TPSA) is 79.9 Å². The third kappa shape index (κ3) is 8.00. The molecular weight excluding hydrogens is 448 g/mol. The summed E-state index contributed by atoms with van der Waals surface area (Å²) in [6.45, 7) is 4.64. The minimum absolute atomic E-state index is 0.0359. The van der Waals surface area contributed by atoms with Crippen LogP contribution in [0.2, 0.25) is 0 Å². The van der Waals surface area contributed by atoms with Crippen LogP contribution in [-0.4, -0.2) is 48.7 Å². The molecule has 2 N–H and O–H groups in total. The van der Waals surface area contributed by atoms with E-state index < -0.39 is 30.3 Å². The lowest BCUT2D eigenvalue weighted by Gasteiger charge is -2.33. The van der Waals surface area contributed by atoms with Crippen molar-refractivity contribution in [2.75, 3.05) is 18.4 Å². The Bertz CT molecular complexity index is 807. The van der Waals surface area contributed by atoms with Gasteiger partial charge in [-0.15, -0.1) is 26.3 Å². The van der Waals surface area contributed by atoms with E-state index in [-0.39, 0.29) is 23.6 Å². The molecule has 1 aromatic rings. The van der Waals surface area contributed by atoms with Crippen molar-refractivity contribution in [1.29, 1.82) is 0 Å². The van der Waals surface area contributed by atoms with E-state index in [0.717, 1.165) is 6.07 Å². The van der Waals surface area contributed by atoms with Crippen molar-refractivity contribution in [2.24, 2.45) is 5.92 Å². The Morgan fingerprint density at radius 1 is 1.06 bits per heavy atom. The zero-order valence-electron chi connectivity index (χ0n) is 17.3. The Morgan fingerprint density at radius 2 is 1.62 bits per heavy atom. The van der Waals surface area contributed by atoms with E-state index in [2.05, 4.69) is 20.1 Å². The number of urea groups is 1. The zero-order chi connectivity index (χ0) is 24.1. The average molecular weight is 471 g/mol. The summed E-state index contributed by atoms with van der Waals surface area (Å²) in [5.74, 6) is -2.53. The highest BCUT2D eigenvalue weighted by Crippen LogP contribution is 2.37. The molecule has 1 heterocycles. The lowest BCUT2D eigenvalue weighted by molar-refractivity contribution is -0.287. The summed E-state index contributed by atoms with van der Waals surface area (Å²) in [7, 11) is 0. The molecule has 0 saturated carbocycles. The molecule has 1 aliphatic heterocycles. The normalized spacial score (nSPS) is 16.3. The van der Waals surface area contributed by atoms with Crippen molar-refractivity contribution >= 4 is 17.6 Å². The minimum atomic E-state index is -5.27. The molecule has 180 valence electrons. The van der Waals surface area contributed by atoms with Crippen LogP contribution in [0.25, 0.3) is 0 Å². The summed E-state index contributed by atoms with van der Waals surface area (Å²) in [4.78, 5) is 26.1. The maximum atomic E-state index is 12.5. The quantitative estimate of drug-likeness (QED) is 0.593. The minimum Gasteiger partial charge on any atom is -0.402 e. The van der Waals surface area contributed by atoms with Crippen molar-refractivity contribution in [1.82, 2.24) is 10.2 Å². The van der Waals surface area contributed by atoms with Crippen molar-refractivity contribution < 1.29 is 45.4 Å². The van der Waals surface area contributed by atoms with Gasteiger partial charge in [0.05, 0.1) is 0 Å². The van der Waals surface area contributed by atoms with Gasteiger partial charge in [0, 0.05) is 36.8 Å². The van der Waals surface area contributed by atoms with Crippen LogP contribution in [0.1, 0.15) is 33.1 Å². The molecule has 1 fully saturated rings. The molecule has 13 heteroatoms. The number of alkyl halides is 6. The number of benzene rings is 1. The molecule has 3 amide bonds. The largest absolute Gasteiger partial charge is 0.573 e. The Kier molecular flexibility index (Phi) is 8.07. The van der Waals surface area contributed by atoms with Gasteiger partial charge in [0.25, 0.3) is 0 Å². The Morgan fingerprint density at radius 3 is 2.16 bits per heavy atom. The van der Waals surface area contributed by atoms with E-state index in [1.807, 2.05) is 13.8 Å². The van der Waals surface area contributed by atoms with Crippen LogP contribution < -0.4 is 20.1 Å². The first kappa shape index (κ1) is 25.4. The van der Waals surface area contributed by atoms with Crippen LogP contribution in [0.15, 0.2) is 18.2 Å². The van der Waals surface area contributed by atoms with Gasteiger partial charge >= 0.3 is 18.8 Å². The molecule has 32 heavy (non-hydrogen) atoms. The summed E-state index contributed by atoms with van der Waals surface area (Å²) in [6, 6.07) is 1.07. The molecule has 2 rings (SSSR count). The lowest BCUT2D eigenvalue weighted by atomic mass is 10.0. The number of rotatable bonds is 6. The fourth-order valence-electron chi connectivity index (χ4n) is 3.08. The Balaban J connectivity index is 1.98. The highest BCUT2D eigenvalue weighted by molar-refractivity contribution is 5.90. The number of carbonyl (C=O) groups excluding carboxylic acids is 2. The van der Waals surface area contributed by atoms with Gasteiger partial charge in [0.2, 0.25) is 5.91 Å². The average Bonchev–Trinajstić information content (AvgIpc) is 2.67. The van der Waals surface area contributed by atoms with E-state index in [1.54, 1.807) is 4.90 Å². The van der Waals surface area contributed by atoms with Gasteiger partial charge in [0.15, 0.2) is 11.5 Å². The Hall–Kier alpha value is -2.86. The predicted octanol–water partition coefficient (Wildman–Crippen LogP) is 4.64. The first-order valence-corrected chi connectivity index (χ1v) is 9.79. The summed E-state index contributed by atoms with van der Waals surface area (Å²) in [5.41, 5.74) is -0.236. The monoisotopic (exact) mass is 471 g/mol. The van der Waals surface area contributed by atoms with Crippen LogP contribution in [0, 0.1) is 5.92 Å². The van der Waals surface area contributed by atoms with Crippen LogP contribution in [0.5, 0.6) is 11.5 Å². The third-order valence-electron chi connectivity index (χ3n) is 4.83. The number of hydrogen-bond donors (Lipinski definition) is 2. The van der Waals surface area contributed by atoms with Crippen molar-refractivity contribution in [2.45, 2.75) is 51.9 Å². The molecule has 1 aromatic carbocycles. The number of hydrogen-bond acceptors (Lipinski definition) is 4. The van der Waals surface area contributed by atoms with E-state index in [0.29, 0.717) is 44.5 Å². The second kappa shape index (κ2) is 10.2. The number of ether oxygens (including phenoxy) is 2. The van der Waals surface area contributed by atoms with Gasteiger partial charge in [-0.1, -0.05) is 13.8 Å². The molecule has 1 saturated heterocycles. The second-order valence-electron chi connectivity index (χ2n) is 7.26. The first-order chi connectivity index (χ1) is 14.8. The van der Waals surface area contributed by atoms with Gasteiger partial charge in [-0.3, -0.25) is 4.79 Å². The van der Waals surface area contributed by atoms with E-state index in [1.165, 1.54) is 0 Å². The number of carbonyl (C=O) groups is 2. The van der Waals surface area contributed by atoms with Crippen LogP contribution >= 0.6 is 0 Å². The molecule has 0 unspecified atom stereocenters. The number of piperidine rings is 1. The molecule has 1 atom stereocenters. The number of amides is 3. The molecule has 0 aliphatic carbocycles. The summed E-state index contributed by atoms with van der Waals surface area (Å²) >= 11 is 0. The zero-order valence-corrected chi connectivity index (χ0v) is 17.3. The maximum absolute atomic E-state index is 12.5. The molecule has 1 aliphatic rings. The SMILES string of the molecule is CC[C@H](C)C(=O)N1CCC(NC(=O)Nc2ccc(OC(F)(F)F)c(OC(F)(F)F)c2)CC1. The van der Waals surface area contributed by atoms with Gasteiger partial charge in [-0.25, -0.2) is 4.79 Å². The van der Waals surface area contributed by atoms with Gasteiger partial charge in [0.1, 0.15) is 0 Å². The van der Waals surface area contributed by atoms with Crippen molar-refractivity contribution in [3.05, 3.63) is 18.2 Å². The highest BCUT2D eigenvalue weighted by atomic mass is 19.4. The van der Waals surface area contributed by atoms with Crippen LogP contribution in [0.3, 0.4) is 0 Å². The second-order valence-corrected chi connectivity index (χ2v) is 7.26. The van der Waals surface area contributed by atoms with Crippen molar-refractivity contribution in [3.8, 4) is 11.5 Å². The molecular formula is C19H23F6N3O4. The summed E-state index contributed by atoms with van der Waals surface area (Å²) in [6.07, 6.45) is -8.83. The number of likely N-dealkylation sites (tertiary alicyclic amines) is 1. The third-order valence-corrected chi connectivity index (χ3v) is 4.83. The van der Waals surface area contributed by atoms with E-state index >= 15 is 0 Å². The smallest absolute Gasteiger partial charge is 0.402 e. The number of halogens is 6. The summed E-state index contributed by atoms with van der Waals surface area (Å²) < 4.78 is 81.9. The van der Waals surface area contributed by atoms with E-state index in [4.69, 9.17) is 0 Å².